The lowest BCUT2D eigenvalue weighted by Crippen LogP contribution is -2.25. The van der Waals surface area contributed by atoms with Crippen molar-refractivity contribution in [3.63, 3.8) is 0 Å². The molecule has 17 heavy (non-hydrogen) atoms. The summed E-state index contributed by atoms with van der Waals surface area (Å²) in [5.74, 6) is -0.931. The number of carboxylic acids is 1. The van der Waals surface area contributed by atoms with E-state index in [0.717, 1.165) is 26.1 Å². The molecule has 4 nitrogen and oxygen atoms in total. The summed E-state index contributed by atoms with van der Waals surface area (Å²) in [6.07, 6.45) is 2.60. The molecule has 0 aromatic carbocycles. The SMILES string of the molecule is CCN(CC)CCCn1cc(Cl)cc1C(=O)O. The fourth-order valence-corrected chi connectivity index (χ4v) is 2.06. The summed E-state index contributed by atoms with van der Waals surface area (Å²) in [5, 5.41) is 9.47. The predicted octanol–water partition coefficient (Wildman–Crippen LogP) is 2.57. The Morgan fingerprint density at radius 3 is 2.65 bits per heavy atom. The Hall–Kier alpha value is -1.00. The van der Waals surface area contributed by atoms with Gasteiger partial charge in [0.1, 0.15) is 5.69 Å². The molecule has 1 heterocycles. The van der Waals surface area contributed by atoms with Gasteiger partial charge in [-0.15, -0.1) is 0 Å². The number of carbonyl (C=O) groups is 1. The van der Waals surface area contributed by atoms with Crippen LogP contribution in [-0.4, -0.2) is 40.2 Å². The van der Waals surface area contributed by atoms with Gasteiger partial charge in [-0.1, -0.05) is 25.4 Å². The van der Waals surface area contributed by atoms with E-state index in [1.807, 2.05) is 0 Å². The molecule has 96 valence electrons. The molecule has 0 aliphatic carbocycles. The van der Waals surface area contributed by atoms with Crippen LogP contribution < -0.4 is 0 Å². The van der Waals surface area contributed by atoms with Gasteiger partial charge in [0.05, 0.1) is 5.02 Å². The van der Waals surface area contributed by atoms with E-state index >= 15 is 0 Å². The van der Waals surface area contributed by atoms with E-state index in [1.165, 1.54) is 6.07 Å². The zero-order valence-electron chi connectivity index (χ0n) is 10.3. The standard InChI is InChI=1S/C12H19ClN2O2/c1-3-14(4-2)6-5-7-15-9-10(13)8-11(15)12(16)17/h8-9H,3-7H2,1-2H3,(H,16,17). The molecule has 0 spiro atoms. The lowest BCUT2D eigenvalue weighted by Gasteiger charge is -2.18. The van der Waals surface area contributed by atoms with Crippen molar-refractivity contribution in [1.82, 2.24) is 9.47 Å². The second-order valence-electron chi connectivity index (χ2n) is 3.92. The van der Waals surface area contributed by atoms with Crippen LogP contribution in [0.25, 0.3) is 0 Å². The van der Waals surface area contributed by atoms with E-state index in [9.17, 15) is 4.79 Å². The first-order valence-electron chi connectivity index (χ1n) is 5.89. The van der Waals surface area contributed by atoms with Crippen LogP contribution in [0.4, 0.5) is 0 Å². The van der Waals surface area contributed by atoms with Crippen LogP contribution in [0.15, 0.2) is 12.3 Å². The van der Waals surface area contributed by atoms with Crippen LogP contribution >= 0.6 is 11.6 Å². The molecule has 1 aromatic heterocycles. The van der Waals surface area contributed by atoms with Crippen molar-refractivity contribution >= 4 is 17.6 Å². The first kappa shape index (κ1) is 14.1. The van der Waals surface area contributed by atoms with E-state index in [2.05, 4.69) is 18.7 Å². The van der Waals surface area contributed by atoms with E-state index in [1.54, 1.807) is 10.8 Å². The third-order valence-electron chi connectivity index (χ3n) is 2.85. The number of nitrogens with zero attached hydrogens (tertiary/aromatic N) is 2. The molecule has 0 unspecified atom stereocenters. The molecular formula is C12H19ClN2O2. The lowest BCUT2D eigenvalue weighted by atomic mass is 10.3. The Morgan fingerprint density at radius 1 is 1.47 bits per heavy atom. The molecule has 0 bridgehead atoms. The normalized spacial score (nSPS) is 11.1. The molecule has 5 heteroatoms. The number of aryl methyl sites for hydroxylation is 1. The van der Waals surface area contributed by atoms with Crippen LogP contribution in [-0.2, 0) is 6.54 Å². The predicted molar refractivity (Wildman–Crippen MR) is 68.8 cm³/mol. The summed E-state index contributed by atoms with van der Waals surface area (Å²) in [6.45, 7) is 7.95. The molecule has 0 aliphatic heterocycles. The van der Waals surface area contributed by atoms with Gasteiger partial charge < -0.3 is 14.6 Å². The number of carboxylic acid groups (broad SMARTS) is 1. The van der Waals surface area contributed by atoms with E-state index in [0.29, 0.717) is 11.6 Å². The minimum Gasteiger partial charge on any atom is -0.477 e. The Kier molecular flexibility index (Phi) is 5.51. The largest absolute Gasteiger partial charge is 0.477 e. The van der Waals surface area contributed by atoms with Crippen molar-refractivity contribution in [2.75, 3.05) is 19.6 Å². The van der Waals surface area contributed by atoms with Crippen LogP contribution in [0, 0.1) is 0 Å². The number of hydrogen-bond acceptors (Lipinski definition) is 2. The molecule has 0 atom stereocenters. The third kappa shape index (κ3) is 4.06. The summed E-state index contributed by atoms with van der Waals surface area (Å²) in [5.41, 5.74) is 0.259. The average Bonchev–Trinajstić information content (AvgIpc) is 2.66. The van der Waals surface area contributed by atoms with Gasteiger partial charge in [-0.2, -0.15) is 0 Å². The van der Waals surface area contributed by atoms with Crippen molar-refractivity contribution in [2.24, 2.45) is 0 Å². The number of rotatable bonds is 7. The van der Waals surface area contributed by atoms with Crippen molar-refractivity contribution < 1.29 is 9.90 Å². The molecule has 0 aliphatic rings. The highest BCUT2D eigenvalue weighted by atomic mass is 35.5. The summed E-state index contributed by atoms with van der Waals surface area (Å²) < 4.78 is 1.70. The third-order valence-corrected chi connectivity index (χ3v) is 3.06. The molecule has 0 fully saturated rings. The highest BCUT2D eigenvalue weighted by Crippen LogP contribution is 2.14. The number of aromatic nitrogens is 1. The quantitative estimate of drug-likeness (QED) is 0.818. The molecule has 1 N–H and O–H groups in total. The number of halogens is 1. The molecule has 1 aromatic rings. The van der Waals surface area contributed by atoms with Crippen molar-refractivity contribution in [3.8, 4) is 0 Å². The maximum atomic E-state index is 11.0. The Balaban J connectivity index is 2.54. The second-order valence-corrected chi connectivity index (χ2v) is 4.36. The van der Waals surface area contributed by atoms with Gasteiger partial charge in [0.15, 0.2) is 0 Å². The maximum absolute atomic E-state index is 11.0. The van der Waals surface area contributed by atoms with Crippen LogP contribution in [0.5, 0.6) is 0 Å². The first-order valence-corrected chi connectivity index (χ1v) is 6.27. The Morgan fingerprint density at radius 2 is 2.12 bits per heavy atom. The van der Waals surface area contributed by atoms with E-state index < -0.39 is 5.97 Å². The van der Waals surface area contributed by atoms with Crippen molar-refractivity contribution in [3.05, 3.63) is 23.0 Å². The van der Waals surface area contributed by atoms with Gasteiger partial charge in [-0.05, 0) is 32.1 Å². The number of aromatic carboxylic acids is 1. The highest BCUT2D eigenvalue weighted by molar-refractivity contribution is 6.30. The fraction of sp³-hybridized carbons (Fsp3) is 0.583. The number of hydrogen-bond donors (Lipinski definition) is 1. The molecule has 0 saturated carbocycles. The zero-order valence-corrected chi connectivity index (χ0v) is 11.1. The summed E-state index contributed by atoms with van der Waals surface area (Å²) in [6, 6.07) is 1.49. The summed E-state index contributed by atoms with van der Waals surface area (Å²) >= 11 is 5.81. The summed E-state index contributed by atoms with van der Waals surface area (Å²) in [4.78, 5) is 13.3. The molecule has 1 rings (SSSR count). The van der Waals surface area contributed by atoms with Crippen LogP contribution in [0.3, 0.4) is 0 Å². The van der Waals surface area contributed by atoms with Gasteiger partial charge in [0.25, 0.3) is 0 Å². The van der Waals surface area contributed by atoms with E-state index in [4.69, 9.17) is 16.7 Å². The summed E-state index contributed by atoms with van der Waals surface area (Å²) in [7, 11) is 0. The first-order chi connectivity index (χ1) is 8.08. The molecule has 0 amide bonds. The molecular weight excluding hydrogens is 240 g/mol. The smallest absolute Gasteiger partial charge is 0.352 e. The van der Waals surface area contributed by atoms with Crippen LogP contribution in [0.1, 0.15) is 30.8 Å². The Labute approximate surface area is 107 Å². The van der Waals surface area contributed by atoms with Gasteiger partial charge in [-0.3, -0.25) is 0 Å². The van der Waals surface area contributed by atoms with Crippen molar-refractivity contribution in [2.45, 2.75) is 26.8 Å². The highest BCUT2D eigenvalue weighted by Gasteiger charge is 2.11. The zero-order chi connectivity index (χ0) is 12.8. The van der Waals surface area contributed by atoms with Crippen molar-refractivity contribution in [1.29, 1.82) is 0 Å². The monoisotopic (exact) mass is 258 g/mol. The van der Waals surface area contributed by atoms with Gasteiger partial charge in [-0.25, -0.2) is 4.79 Å². The van der Waals surface area contributed by atoms with Crippen LogP contribution in [0.2, 0.25) is 5.02 Å². The average molecular weight is 259 g/mol. The second kappa shape index (κ2) is 6.67. The molecule has 0 radical (unpaired) electrons. The van der Waals surface area contributed by atoms with Gasteiger partial charge in [0, 0.05) is 12.7 Å². The topological polar surface area (TPSA) is 45.5 Å². The van der Waals surface area contributed by atoms with Gasteiger partial charge in [0.2, 0.25) is 0 Å². The lowest BCUT2D eigenvalue weighted by molar-refractivity contribution is 0.0684. The van der Waals surface area contributed by atoms with E-state index in [-0.39, 0.29) is 5.69 Å². The minimum absolute atomic E-state index is 0.259. The fourth-order valence-electron chi connectivity index (χ4n) is 1.84. The molecule has 0 saturated heterocycles. The van der Waals surface area contributed by atoms with Gasteiger partial charge >= 0.3 is 5.97 Å². The maximum Gasteiger partial charge on any atom is 0.352 e. The minimum atomic E-state index is -0.931. The Bertz CT molecular complexity index is 373.